The number of sulfonamides is 2. The molecule has 33 heavy (non-hydrogen) atoms. The van der Waals surface area contributed by atoms with Crippen LogP contribution in [0, 0.1) is 13.8 Å². The fourth-order valence-corrected chi connectivity index (χ4v) is 8.12. The van der Waals surface area contributed by atoms with Crippen LogP contribution >= 0.6 is 0 Å². The first kappa shape index (κ1) is 23.9. The Labute approximate surface area is 195 Å². The molecule has 0 atom stereocenters. The van der Waals surface area contributed by atoms with Gasteiger partial charge in [-0.3, -0.25) is 4.79 Å². The Morgan fingerprint density at radius 1 is 0.848 bits per heavy atom. The van der Waals surface area contributed by atoms with Crippen molar-refractivity contribution < 1.29 is 21.6 Å². The van der Waals surface area contributed by atoms with Crippen molar-refractivity contribution >= 4 is 31.6 Å². The van der Waals surface area contributed by atoms with Crippen LogP contribution in [0.4, 0.5) is 5.69 Å². The van der Waals surface area contributed by atoms with Crippen LogP contribution in [0.15, 0.2) is 40.4 Å². The van der Waals surface area contributed by atoms with E-state index in [1.807, 2.05) is 32.0 Å². The minimum Gasteiger partial charge on any atom is -0.342 e. The summed E-state index contributed by atoms with van der Waals surface area (Å²) in [7, 11) is -7.99. The Balaban J connectivity index is 1.67. The van der Waals surface area contributed by atoms with Crippen molar-refractivity contribution in [3.05, 3.63) is 41.7 Å². The SMILES string of the molecule is Cc1ccc(C)c(NC(=O)Cn2cc(S(=O)(=O)N3CCCC3)c(S(=O)(=O)N3CCCC3)c2)c1. The molecule has 0 bridgehead atoms. The smallest absolute Gasteiger partial charge is 0.245 e. The molecule has 2 aromatic rings. The molecule has 1 amide bonds. The first-order valence-electron chi connectivity index (χ1n) is 11.2. The zero-order valence-electron chi connectivity index (χ0n) is 19.0. The van der Waals surface area contributed by atoms with Gasteiger partial charge in [0.1, 0.15) is 16.3 Å². The van der Waals surface area contributed by atoms with Gasteiger partial charge in [0, 0.05) is 44.3 Å². The van der Waals surface area contributed by atoms with Crippen molar-refractivity contribution in [1.82, 2.24) is 13.2 Å². The van der Waals surface area contributed by atoms with Crippen molar-refractivity contribution in [1.29, 1.82) is 0 Å². The summed E-state index contributed by atoms with van der Waals surface area (Å²) in [5, 5.41) is 2.84. The predicted octanol–water partition coefficient (Wildman–Crippen LogP) is 2.31. The molecule has 0 saturated carbocycles. The average Bonchev–Trinajstić information content (AvgIpc) is 3.52. The maximum absolute atomic E-state index is 13.3. The maximum atomic E-state index is 13.3. The Hall–Kier alpha value is -2.21. The van der Waals surface area contributed by atoms with E-state index >= 15 is 0 Å². The Kier molecular flexibility index (Phi) is 6.68. The van der Waals surface area contributed by atoms with Crippen LogP contribution in [0.5, 0.6) is 0 Å². The normalized spacial score (nSPS) is 18.1. The number of aryl methyl sites for hydroxylation is 2. The molecule has 3 heterocycles. The molecule has 2 fully saturated rings. The number of amides is 1. The fraction of sp³-hybridized carbons (Fsp3) is 0.500. The third kappa shape index (κ3) is 4.86. The number of nitrogens with one attached hydrogen (secondary N) is 1. The van der Waals surface area contributed by atoms with E-state index in [2.05, 4.69) is 5.32 Å². The summed E-state index contributed by atoms with van der Waals surface area (Å²) in [4.78, 5) is 12.2. The molecule has 9 nitrogen and oxygen atoms in total. The van der Waals surface area contributed by atoms with Crippen LogP contribution < -0.4 is 5.32 Å². The molecule has 1 aromatic carbocycles. The largest absolute Gasteiger partial charge is 0.342 e. The highest BCUT2D eigenvalue weighted by Crippen LogP contribution is 2.31. The van der Waals surface area contributed by atoms with E-state index in [0.717, 1.165) is 36.8 Å². The summed E-state index contributed by atoms with van der Waals surface area (Å²) in [5.74, 6) is -0.367. The molecule has 2 saturated heterocycles. The molecule has 0 spiro atoms. The number of carbonyl (C=O) groups excluding carboxylic acids is 1. The van der Waals surface area contributed by atoms with Gasteiger partial charge >= 0.3 is 0 Å². The van der Waals surface area contributed by atoms with Gasteiger partial charge in [-0.2, -0.15) is 8.61 Å². The van der Waals surface area contributed by atoms with Gasteiger partial charge in [-0.25, -0.2) is 16.8 Å². The number of hydrogen-bond acceptors (Lipinski definition) is 5. The molecule has 180 valence electrons. The molecule has 11 heteroatoms. The lowest BCUT2D eigenvalue weighted by Gasteiger charge is -2.18. The standard InChI is InChI=1S/C22H30N4O5S2/c1-17-7-8-18(2)19(13-17)23-22(27)16-24-14-20(32(28,29)25-9-3-4-10-25)21(15-24)33(30,31)26-11-5-6-12-26/h7-8,13-15H,3-6,9-12,16H2,1-2H3,(H,23,27). The van der Waals surface area contributed by atoms with E-state index in [1.54, 1.807) is 0 Å². The summed E-state index contributed by atoms with van der Waals surface area (Å²) in [5.41, 5.74) is 2.56. The monoisotopic (exact) mass is 494 g/mol. The van der Waals surface area contributed by atoms with Crippen molar-refractivity contribution in [3.8, 4) is 0 Å². The van der Waals surface area contributed by atoms with Gasteiger partial charge in [-0.15, -0.1) is 0 Å². The summed E-state index contributed by atoms with van der Waals surface area (Å²) in [6.07, 6.45) is 5.52. The summed E-state index contributed by atoms with van der Waals surface area (Å²) >= 11 is 0. The second kappa shape index (κ2) is 9.21. The van der Waals surface area contributed by atoms with Gasteiger partial charge in [0.15, 0.2) is 0 Å². The Morgan fingerprint density at radius 3 is 1.82 bits per heavy atom. The summed E-state index contributed by atoms with van der Waals surface area (Å²) in [6, 6.07) is 5.71. The molecule has 4 rings (SSSR count). The van der Waals surface area contributed by atoms with Crippen molar-refractivity contribution in [2.75, 3.05) is 31.5 Å². The Morgan fingerprint density at radius 2 is 1.33 bits per heavy atom. The second-order valence-electron chi connectivity index (χ2n) is 8.75. The van der Waals surface area contributed by atoms with E-state index < -0.39 is 20.0 Å². The highest BCUT2D eigenvalue weighted by Gasteiger charge is 2.38. The summed E-state index contributed by atoms with van der Waals surface area (Å²) < 4.78 is 57.3. The molecule has 0 aliphatic carbocycles. The highest BCUT2D eigenvalue weighted by atomic mass is 32.2. The number of rotatable bonds is 7. The van der Waals surface area contributed by atoms with Crippen LogP contribution in [0.25, 0.3) is 0 Å². The Bertz CT molecular complexity index is 1190. The molecular formula is C22H30N4O5S2. The third-order valence-electron chi connectivity index (χ3n) is 6.17. The van der Waals surface area contributed by atoms with Gasteiger partial charge in [0.25, 0.3) is 0 Å². The average molecular weight is 495 g/mol. The number of benzene rings is 1. The van der Waals surface area contributed by atoms with Gasteiger partial charge < -0.3 is 9.88 Å². The zero-order valence-corrected chi connectivity index (χ0v) is 20.6. The highest BCUT2D eigenvalue weighted by molar-refractivity contribution is 7.92. The first-order chi connectivity index (χ1) is 15.6. The van der Waals surface area contributed by atoms with Gasteiger partial charge in [-0.1, -0.05) is 12.1 Å². The van der Waals surface area contributed by atoms with Crippen LogP contribution in [-0.2, 0) is 31.4 Å². The maximum Gasteiger partial charge on any atom is 0.245 e. The molecule has 2 aliphatic rings. The van der Waals surface area contributed by atoms with E-state index in [-0.39, 0.29) is 22.2 Å². The van der Waals surface area contributed by atoms with E-state index in [4.69, 9.17) is 0 Å². The number of aromatic nitrogens is 1. The van der Waals surface area contributed by atoms with Gasteiger partial charge in [-0.05, 0) is 56.7 Å². The minimum absolute atomic E-state index is 0.203. The minimum atomic E-state index is -3.99. The van der Waals surface area contributed by atoms with Crippen molar-refractivity contribution in [2.24, 2.45) is 0 Å². The number of hydrogen-bond donors (Lipinski definition) is 1. The van der Waals surface area contributed by atoms with Crippen LogP contribution in [0.3, 0.4) is 0 Å². The molecular weight excluding hydrogens is 464 g/mol. The molecule has 2 aliphatic heterocycles. The number of carbonyl (C=O) groups is 1. The molecule has 0 unspecified atom stereocenters. The zero-order chi connectivity index (χ0) is 23.8. The quantitative estimate of drug-likeness (QED) is 0.635. The predicted molar refractivity (Wildman–Crippen MR) is 125 cm³/mol. The van der Waals surface area contributed by atoms with E-state index in [9.17, 15) is 21.6 Å². The van der Waals surface area contributed by atoms with Crippen LogP contribution in [-0.4, -0.2) is 62.1 Å². The van der Waals surface area contributed by atoms with Crippen LogP contribution in [0.1, 0.15) is 36.8 Å². The van der Waals surface area contributed by atoms with Crippen molar-refractivity contribution in [3.63, 3.8) is 0 Å². The molecule has 0 radical (unpaired) electrons. The van der Waals surface area contributed by atoms with Gasteiger partial charge in [0.05, 0.1) is 0 Å². The van der Waals surface area contributed by atoms with Crippen LogP contribution in [0.2, 0.25) is 0 Å². The third-order valence-corrected chi connectivity index (χ3v) is 10.1. The van der Waals surface area contributed by atoms with Gasteiger partial charge in [0.2, 0.25) is 26.0 Å². The number of anilines is 1. The topological polar surface area (TPSA) is 109 Å². The first-order valence-corrected chi connectivity index (χ1v) is 14.0. The second-order valence-corrected chi connectivity index (χ2v) is 12.6. The van der Waals surface area contributed by atoms with Crippen molar-refractivity contribution in [2.45, 2.75) is 55.9 Å². The molecule has 1 N–H and O–H groups in total. The summed E-state index contributed by atoms with van der Waals surface area (Å²) in [6.45, 7) is 5.06. The lowest BCUT2D eigenvalue weighted by atomic mass is 10.1. The number of nitrogens with zero attached hydrogens (tertiary/aromatic N) is 3. The lowest BCUT2D eigenvalue weighted by Crippen LogP contribution is -2.32. The van der Waals surface area contributed by atoms with E-state index in [1.165, 1.54) is 25.6 Å². The lowest BCUT2D eigenvalue weighted by molar-refractivity contribution is -0.116. The fourth-order valence-electron chi connectivity index (χ4n) is 4.31. The molecule has 1 aromatic heterocycles. The van der Waals surface area contributed by atoms with E-state index in [0.29, 0.717) is 31.9 Å².